The van der Waals surface area contributed by atoms with E-state index in [2.05, 4.69) is 26.2 Å². The lowest BCUT2D eigenvalue weighted by Gasteiger charge is -2.40. The van der Waals surface area contributed by atoms with Crippen LogP contribution in [-0.2, 0) is 24.1 Å². The number of hydrogen-bond acceptors (Lipinski definition) is 7. The summed E-state index contributed by atoms with van der Waals surface area (Å²) in [6.45, 7) is 3.26. The number of fused-ring (bicyclic) bond motifs is 2. The molecule has 0 unspecified atom stereocenters. The number of nitriles is 1. The maximum Gasteiger partial charge on any atom is 0.451 e. The van der Waals surface area contributed by atoms with Crippen LogP contribution in [0.3, 0.4) is 0 Å². The van der Waals surface area contributed by atoms with Crippen LogP contribution in [0.1, 0.15) is 30.6 Å². The van der Waals surface area contributed by atoms with Crippen LogP contribution in [-0.4, -0.2) is 57.3 Å². The van der Waals surface area contributed by atoms with Gasteiger partial charge in [0.05, 0.1) is 30.4 Å². The van der Waals surface area contributed by atoms with Crippen LogP contribution in [0.2, 0.25) is 0 Å². The second-order valence-corrected chi connectivity index (χ2v) is 9.18. The second-order valence-electron chi connectivity index (χ2n) is 9.18. The van der Waals surface area contributed by atoms with Gasteiger partial charge in [-0.1, -0.05) is 6.92 Å². The fraction of sp³-hybridized carbons (Fsp3) is 0.458. The van der Waals surface area contributed by atoms with Crippen molar-refractivity contribution in [3.63, 3.8) is 0 Å². The molecule has 12 heteroatoms. The molecule has 3 aromatic rings. The molecule has 2 atom stereocenters. The third-order valence-corrected chi connectivity index (χ3v) is 7.02. The summed E-state index contributed by atoms with van der Waals surface area (Å²) in [6, 6.07) is 7.75. The van der Waals surface area contributed by atoms with E-state index in [1.165, 1.54) is 0 Å². The third-order valence-electron chi connectivity index (χ3n) is 7.02. The monoisotopic (exact) mass is 499 g/mol. The summed E-state index contributed by atoms with van der Waals surface area (Å²) in [5.74, 6) is -0.649. The Hall–Kier alpha value is -3.88. The Balaban J connectivity index is 1.35. The maximum absolute atomic E-state index is 13.4. The van der Waals surface area contributed by atoms with Gasteiger partial charge in [-0.3, -0.25) is 9.78 Å². The summed E-state index contributed by atoms with van der Waals surface area (Å²) < 4.78 is 45.8. The van der Waals surface area contributed by atoms with Crippen molar-refractivity contribution in [1.82, 2.24) is 24.6 Å². The molecule has 5 rings (SSSR count). The molecule has 36 heavy (non-hydrogen) atoms. The largest absolute Gasteiger partial charge is 0.497 e. The highest BCUT2D eigenvalue weighted by molar-refractivity contribution is 5.95. The van der Waals surface area contributed by atoms with E-state index in [0.717, 1.165) is 21.2 Å². The van der Waals surface area contributed by atoms with Crippen molar-refractivity contribution < 1.29 is 22.7 Å². The molecule has 1 fully saturated rings. The van der Waals surface area contributed by atoms with Gasteiger partial charge >= 0.3 is 6.18 Å². The molecule has 1 saturated heterocycles. The number of halogens is 3. The molecule has 0 N–H and O–H groups in total. The number of pyridine rings is 1. The Bertz CT molecular complexity index is 1360. The lowest BCUT2D eigenvalue weighted by Crippen LogP contribution is -2.49. The topological polar surface area (TPSA) is 100 Å². The fourth-order valence-corrected chi connectivity index (χ4v) is 5.21. The SMILES string of the molecule is COc1ccc2ncc(C#N)c(N3CC[C@H](C(=O)N4CCn5c(nnc5C(F)(F)F)C4)[C@H](C)C3)c2c1. The number of carbonyl (C=O) groups excluding carboxylic acids is 1. The van der Waals surface area contributed by atoms with Crippen molar-refractivity contribution in [2.45, 2.75) is 32.6 Å². The van der Waals surface area contributed by atoms with Gasteiger partial charge in [0.25, 0.3) is 0 Å². The minimum absolute atomic E-state index is 0.00220. The summed E-state index contributed by atoms with van der Waals surface area (Å²) in [6.07, 6.45) is -2.47. The minimum atomic E-state index is -4.58. The van der Waals surface area contributed by atoms with E-state index >= 15 is 0 Å². The van der Waals surface area contributed by atoms with Gasteiger partial charge in [0.15, 0.2) is 5.82 Å². The van der Waals surface area contributed by atoms with E-state index < -0.39 is 12.0 Å². The van der Waals surface area contributed by atoms with Gasteiger partial charge in [0, 0.05) is 43.7 Å². The zero-order valence-corrected chi connectivity index (χ0v) is 19.8. The van der Waals surface area contributed by atoms with Gasteiger partial charge in [0.1, 0.15) is 11.8 Å². The first kappa shape index (κ1) is 23.8. The smallest absolute Gasteiger partial charge is 0.451 e. The van der Waals surface area contributed by atoms with E-state index in [0.29, 0.717) is 30.8 Å². The van der Waals surface area contributed by atoms with Gasteiger partial charge < -0.3 is 19.1 Å². The van der Waals surface area contributed by atoms with Gasteiger partial charge in [0.2, 0.25) is 11.7 Å². The Morgan fingerprint density at radius 1 is 1.22 bits per heavy atom. The predicted octanol–water partition coefficient (Wildman–Crippen LogP) is 3.23. The first-order chi connectivity index (χ1) is 17.2. The number of anilines is 1. The summed E-state index contributed by atoms with van der Waals surface area (Å²) >= 11 is 0. The van der Waals surface area contributed by atoms with Gasteiger partial charge in [-0.2, -0.15) is 18.4 Å². The van der Waals surface area contributed by atoms with Crippen LogP contribution >= 0.6 is 0 Å². The molecule has 188 valence electrons. The van der Waals surface area contributed by atoms with Crippen molar-refractivity contribution in [3.8, 4) is 11.8 Å². The maximum atomic E-state index is 13.4. The van der Waals surface area contributed by atoms with Crippen LogP contribution in [0.5, 0.6) is 5.75 Å². The molecule has 1 aromatic carbocycles. The van der Waals surface area contributed by atoms with Crippen molar-refractivity contribution in [3.05, 3.63) is 41.6 Å². The number of alkyl halides is 3. The zero-order chi connectivity index (χ0) is 25.6. The molecule has 1 amide bonds. The van der Waals surface area contributed by atoms with Gasteiger partial charge in [-0.25, -0.2) is 0 Å². The Kier molecular flexibility index (Phi) is 5.94. The lowest BCUT2D eigenvalue weighted by atomic mass is 9.85. The van der Waals surface area contributed by atoms with Gasteiger partial charge in [-0.15, -0.1) is 10.2 Å². The lowest BCUT2D eigenvalue weighted by molar-refractivity contribution is -0.148. The van der Waals surface area contributed by atoms with Crippen LogP contribution in [0.15, 0.2) is 24.4 Å². The number of methoxy groups -OCH3 is 1. The predicted molar refractivity (Wildman–Crippen MR) is 123 cm³/mol. The van der Waals surface area contributed by atoms with Gasteiger partial charge in [-0.05, 0) is 30.5 Å². The molecule has 2 aromatic heterocycles. The summed E-state index contributed by atoms with van der Waals surface area (Å²) in [7, 11) is 1.58. The molecule has 0 bridgehead atoms. The second kappa shape index (κ2) is 8.96. The van der Waals surface area contributed by atoms with Crippen molar-refractivity contribution in [2.75, 3.05) is 31.6 Å². The quantitative estimate of drug-likeness (QED) is 0.546. The number of rotatable bonds is 3. The van der Waals surface area contributed by atoms with Crippen molar-refractivity contribution >= 4 is 22.5 Å². The highest BCUT2D eigenvalue weighted by Crippen LogP contribution is 2.37. The number of nitrogens with zero attached hydrogens (tertiary/aromatic N) is 7. The van der Waals surface area contributed by atoms with Crippen LogP contribution in [0.25, 0.3) is 10.9 Å². The van der Waals surface area contributed by atoms with E-state index in [-0.39, 0.29) is 43.2 Å². The Morgan fingerprint density at radius 2 is 2.03 bits per heavy atom. The highest BCUT2D eigenvalue weighted by Gasteiger charge is 2.41. The summed E-state index contributed by atoms with van der Waals surface area (Å²) in [4.78, 5) is 21.5. The molecule has 4 heterocycles. The highest BCUT2D eigenvalue weighted by atomic mass is 19.4. The molecule has 0 radical (unpaired) electrons. The normalized spacial score (nSPS) is 20.2. The first-order valence-electron chi connectivity index (χ1n) is 11.6. The van der Waals surface area contributed by atoms with Crippen molar-refractivity contribution in [2.24, 2.45) is 11.8 Å². The first-order valence-corrected chi connectivity index (χ1v) is 11.6. The minimum Gasteiger partial charge on any atom is -0.497 e. The zero-order valence-electron chi connectivity index (χ0n) is 19.8. The third kappa shape index (κ3) is 4.08. The Labute approximate surface area is 205 Å². The molecule has 0 spiro atoms. The molecule has 2 aliphatic heterocycles. The molecule has 0 aliphatic carbocycles. The average molecular weight is 499 g/mol. The van der Waals surface area contributed by atoms with Crippen LogP contribution < -0.4 is 9.64 Å². The van der Waals surface area contributed by atoms with E-state index in [4.69, 9.17) is 4.74 Å². The van der Waals surface area contributed by atoms with Crippen LogP contribution in [0, 0.1) is 23.2 Å². The fourth-order valence-electron chi connectivity index (χ4n) is 5.21. The number of piperidine rings is 1. The summed E-state index contributed by atoms with van der Waals surface area (Å²) in [5, 5.41) is 17.5. The standard InChI is InChI=1S/C24H24F3N7O2/c1-14-12-32(21-15(10-28)11-29-19-4-3-16(36-2)9-18(19)21)6-5-17(14)22(35)33-7-8-34-20(13-33)30-31-23(34)24(25,26)27/h3-4,9,11,14,17H,5-8,12-13H2,1-2H3/t14-,17+/m1/s1. The molecular formula is C24H24F3N7O2. The molecule has 0 saturated carbocycles. The van der Waals surface area contributed by atoms with E-state index in [1.54, 1.807) is 18.2 Å². The number of hydrogen-bond donors (Lipinski definition) is 0. The number of amides is 1. The number of ether oxygens (including phenoxy) is 1. The number of aromatic nitrogens is 4. The molecular weight excluding hydrogens is 475 g/mol. The average Bonchev–Trinajstić information content (AvgIpc) is 3.31. The van der Waals surface area contributed by atoms with E-state index in [9.17, 15) is 23.2 Å². The summed E-state index contributed by atoms with van der Waals surface area (Å²) in [5.41, 5.74) is 1.96. The van der Waals surface area contributed by atoms with Crippen LogP contribution in [0.4, 0.5) is 18.9 Å². The number of benzene rings is 1. The number of carbonyl (C=O) groups is 1. The Morgan fingerprint density at radius 3 is 2.72 bits per heavy atom. The molecule has 9 nitrogen and oxygen atoms in total. The van der Waals surface area contributed by atoms with Crippen molar-refractivity contribution in [1.29, 1.82) is 5.26 Å². The van der Waals surface area contributed by atoms with E-state index in [1.807, 2.05) is 25.1 Å². The molecule has 2 aliphatic rings.